The van der Waals surface area contributed by atoms with Crippen molar-refractivity contribution in [2.75, 3.05) is 7.11 Å². The molecule has 0 heterocycles. The fourth-order valence-corrected chi connectivity index (χ4v) is 2.23. The van der Waals surface area contributed by atoms with Crippen molar-refractivity contribution in [3.63, 3.8) is 0 Å². The van der Waals surface area contributed by atoms with E-state index in [4.69, 9.17) is 15.2 Å². The Hall–Kier alpha value is -2.00. The van der Waals surface area contributed by atoms with E-state index in [1.54, 1.807) is 7.11 Å². The van der Waals surface area contributed by atoms with Crippen LogP contribution in [0.15, 0.2) is 48.5 Å². The second kappa shape index (κ2) is 6.84. The molecule has 0 aromatic heterocycles. The average Bonchev–Trinajstić information content (AvgIpc) is 2.52. The molecule has 2 N–H and O–H groups in total. The van der Waals surface area contributed by atoms with Gasteiger partial charge in [-0.2, -0.15) is 0 Å². The second-order valence-corrected chi connectivity index (χ2v) is 6.53. The number of benzene rings is 2. The van der Waals surface area contributed by atoms with E-state index in [-0.39, 0.29) is 11.5 Å². The molecular formula is C19H25NO2. The standard InChI is InChI=1S/C19H25NO2/c1-19(2,3)18(20)15-10-11-16(17(12-15)21-4)22-13-14-8-6-5-7-9-14/h5-12,18H,13,20H2,1-4H3/t18-/m1/s1. The fourth-order valence-electron chi connectivity index (χ4n) is 2.23. The van der Waals surface area contributed by atoms with Gasteiger partial charge in [0, 0.05) is 6.04 Å². The van der Waals surface area contributed by atoms with Crippen LogP contribution in [0.4, 0.5) is 0 Å². The highest BCUT2D eigenvalue weighted by molar-refractivity contribution is 5.44. The first-order valence-corrected chi connectivity index (χ1v) is 7.52. The van der Waals surface area contributed by atoms with E-state index in [1.807, 2.05) is 48.5 Å². The van der Waals surface area contributed by atoms with Crippen LogP contribution < -0.4 is 15.2 Å². The van der Waals surface area contributed by atoms with Crippen LogP contribution >= 0.6 is 0 Å². The van der Waals surface area contributed by atoms with Gasteiger partial charge in [0.05, 0.1) is 7.11 Å². The van der Waals surface area contributed by atoms with Gasteiger partial charge < -0.3 is 15.2 Å². The van der Waals surface area contributed by atoms with Crippen molar-refractivity contribution in [1.82, 2.24) is 0 Å². The topological polar surface area (TPSA) is 44.5 Å². The summed E-state index contributed by atoms with van der Waals surface area (Å²) in [6.45, 7) is 6.90. The lowest BCUT2D eigenvalue weighted by Crippen LogP contribution is -2.26. The predicted octanol–water partition coefficient (Wildman–Crippen LogP) is 4.32. The Balaban J connectivity index is 2.16. The van der Waals surface area contributed by atoms with Gasteiger partial charge in [-0.25, -0.2) is 0 Å². The summed E-state index contributed by atoms with van der Waals surface area (Å²) in [6.07, 6.45) is 0. The lowest BCUT2D eigenvalue weighted by Gasteiger charge is -2.28. The molecule has 0 bridgehead atoms. The van der Waals surface area contributed by atoms with Gasteiger partial charge in [-0.05, 0) is 28.7 Å². The van der Waals surface area contributed by atoms with Gasteiger partial charge in [-0.15, -0.1) is 0 Å². The summed E-state index contributed by atoms with van der Waals surface area (Å²) in [5, 5.41) is 0. The van der Waals surface area contributed by atoms with Crippen molar-refractivity contribution in [1.29, 1.82) is 0 Å². The summed E-state index contributed by atoms with van der Waals surface area (Å²) < 4.78 is 11.3. The van der Waals surface area contributed by atoms with E-state index in [9.17, 15) is 0 Å². The van der Waals surface area contributed by atoms with Crippen molar-refractivity contribution in [3.8, 4) is 11.5 Å². The van der Waals surface area contributed by atoms with Crippen LogP contribution in [-0.2, 0) is 6.61 Å². The number of nitrogens with two attached hydrogens (primary N) is 1. The van der Waals surface area contributed by atoms with Crippen LogP contribution in [-0.4, -0.2) is 7.11 Å². The maximum atomic E-state index is 6.31. The monoisotopic (exact) mass is 299 g/mol. The van der Waals surface area contributed by atoms with Gasteiger partial charge in [0.2, 0.25) is 0 Å². The minimum Gasteiger partial charge on any atom is -0.493 e. The summed E-state index contributed by atoms with van der Waals surface area (Å²) in [5.41, 5.74) is 8.49. The molecular weight excluding hydrogens is 274 g/mol. The van der Waals surface area contributed by atoms with Crippen LogP contribution in [0.1, 0.15) is 37.9 Å². The van der Waals surface area contributed by atoms with Crippen molar-refractivity contribution in [3.05, 3.63) is 59.7 Å². The molecule has 118 valence electrons. The minimum atomic E-state index is -0.0513. The van der Waals surface area contributed by atoms with Crippen molar-refractivity contribution >= 4 is 0 Å². The van der Waals surface area contributed by atoms with E-state index >= 15 is 0 Å². The lowest BCUT2D eigenvalue weighted by atomic mass is 9.83. The zero-order valence-corrected chi connectivity index (χ0v) is 13.8. The van der Waals surface area contributed by atoms with E-state index < -0.39 is 0 Å². The first-order chi connectivity index (χ1) is 10.4. The van der Waals surface area contributed by atoms with Gasteiger partial charge in [0.1, 0.15) is 6.61 Å². The fraction of sp³-hybridized carbons (Fsp3) is 0.368. The summed E-state index contributed by atoms with van der Waals surface area (Å²) >= 11 is 0. The Morgan fingerprint density at radius 3 is 2.27 bits per heavy atom. The van der Waals surface area contributed by atoms with Crippen LogP contribution in [0, 0.1) is 5.41 Å². The van der Waals surface area contributed by atoms with Gasteiger partial charge in [-0.1, -0.05) is 57.2 Å². The number of methoxy groups -OCH3 is 1. The molecule has 3 heteroatoms. The Labute approximate surface area is 133 Å². The number of ether oxygens (including phenoxy) is 2. The molecule has 2 rings (SSSR count). The maximum Gasteiger partial charge on any atom is 0.161 e. The molecule has 22 heavy (non-hydrogen) atoms. The molecule has 0 saturated heterocycles. The number of hydrogen-bond acceptors (Lipinski definition) is 3. The molecule has 0 unspecified atom stereocenters. The van der Waals surface area contributed by atoms with Crippen molar-refractivity contribution < 1.29 is 9.47 Å². The highest BCUT2D eigenvalue weighted by Gasteiger charge is 2.23. The third kappa shape index (κ3) is 4.01. The molecule has 0 aliphatic carbocycles. The maximum absolute atomic E-state index is 6.31. The summed E-state index contributed by atoms with van der Waals surface area (Å²) in [4.78, 5) is 0. The van der Waals surface area contributed by atoms with Gasteiger partial charge in [-0.3, -0.25) is 0 Å². The van der Waals surface area contributed by atoms with E-state index in [2.05, 4.69) is 20.8 Å². The van der Waals surface area contributed by atoms with Gasteiger partial charge in [0.25, 0.3) is 0 Å². The minimum absolute atomic E-state index is 0.00256. The Bertz CT molecular complexity index is 603. The Morgan fingerprint density at radius 1 is 1.00 bits per heavy atom. The van der Waals surface area contributed by atoms with E-state index in [0.717, 1.165) is 16.9 Å². The number of hydrogen-bond donors (Lipinski definition) is 1. The summed E-state index contributed by atoms with van der Waals surface area (Å²) in [5.74, 6) is 1.45. The molecule has 2 aromatic rings. The molecule has 0 aliphatic rings. The predicted molar refractivity (Wildman–Crippen MR) is 90.2 cm³/mol. The SMILES string of the molecule is COc1cc([C@@H](N)C(C)(C)C)ccc1OCc1ccccc1. The highest BCUT2D eigenvalue weighted by atomic mass is 16.5. The molecule has 0 radical (unpaired) electrons. The third-order valence-electron chi connectivity index (χ3n) is 3.72. The second-order valence-electron chi connectivity index (χ2n) is 6.53. The molecule has 0 spiro atoms. The van der Waals surface area contributed by atoms with Crippen LogP contribution in [0.5, 0.6) is 11.5 Å². The van der Waals surface area contributed by atoms with Gasteiger partial charge >= 0.3 is 0 Å². The van der Waals surface area contributed by atoms with E-state index in [1.165, 1.54) is 0 Å². The van der Waals surface area contributed by atoms with Crippen LogP contribution in [0.2, 0.25) is 0 Å². The zero-order valence-electron chi connectivity index (χ0n) is 13.8. The third-order valence-corrected chi connectivity index (χ3v) is 3.72. The molecule has 0 aliphatic heterocycles. The van der Waals surface area contributed by atoms with E-state index in [0.29, 0.717) is 12.4 Å². The first-order valence-electron chi connectivity index (χ1n) is 7.52. The van der Waals surface area contributed by atoms with Crippen LogP contribution in [0.3, 0.4) is 0 Å². The molecule has 3 nitrogen and oxygen atoms in total. The lowest BCUT2D eigenvalue weighted by molar-refractivity contribution is 0.282. The smallest absolute Gasteiger partial charge is 0.161 e. The quantitative estimate of drug-likeness (QED) is 0.894. The molecule has 1 atom stereocenters. The zero-order chi connectivity index (χ0) is 16.2. The molecule has 0 saturated carbocycles. The highest BCUT2D eigenvalue weighted by Crippen LogP contribution is 2.36. The van der Waals surface area contributed by atoms with Crippen molar-refractivity contribution in [2.45, 2.75) is 33.4 Å². The largest absolute Gasteiger partial charge is 0.493 e. The Morgan fingerprint density at radius 2 is 1.68 bits per heavy atom. The van der Waals surface area contributed by atoms with Gasteiger partial charge in [0.15, 0.2) is 11.5 Å². The normalized spacial score (nSPS) is 12.8. The molecule has 0 fully saturated rings. The number of rotatable bonds is 5. The Kier molecular flexibility index (Phi) is 5.09. The summed E-state index contributed by atoms with van der Waals surface area (Å²) in [7, 11) is 1.65. The summed E-state index contributed by atoms with van der Waals surface area (Å²) in [6, 6.07) is 15.9. The van der Waals surface area contributed by atoms with Crippen LogP contribution in [0.25, 0.3) is 0 Å². The first kappa shape index (κ1) is 16.4. The molecule has 0 amide bonds. The van der Waals surface area contributed by atoms with Crippen molar-refractivity contribution in [2.24, 2.45) is 11.1 Å². The average molecular weight is 299 g/mol. The molecule has 2 aromatic carbocycles.